The van der Waals surface area contributed by atoms with Crippen LogP contribution < -0.4 is 10.9 Å². The summed E-state index contributed by atoms with van der Waals surface area (Å²) in [4.78, 5) is 29.9. The molecule has 2 aromatic heterocycles. The minimum absolute atomic E-state index is 0.195. The monoisotopic (exact) mass is 355 g/mol. The highest BCUT2D eigenvalue weighted by Gasteiger charge is 2.21. The molecule has 0 saturated carbocycles. The molecule has 124 valence electrons. The van der Waals surface area contributed by atoms with Gasteiger partial charge in [0, 0.05) is 6.42 Å². The van der Waals surface area contributed by atoms with E-state index in [0.29, 0.717) is 11.6 Å². The largest absolute Gasteiger partial charge is 0.493 e. The second kappa shape index (κ2) is 8.06. The van der Waals surface area contributed by atoms with Crippen molar-refractivity contribution in [2.45, 2.75) is 43.5 Å². The number of aryl methyl sites for hydroxylation is 1. The zero-order valence-corrected chi connectivity index (χ0v) is 14.3. The van der Waals surface area contributed by atoms with Gasteiger partial charge < -0.3 is 10.1 Å². The summed E-state index contributed by atoms with van der Waals surface area (Å²) < 4.78 is 0. The molecule has 2 rings (SSSR count). The molecule has 0 unspecified atom stereocenters. The Bertz CT molecular complexity index is 730. The number of aromatic nitrogens is 4. The van der Waals surface area contributed by atoms with Crippen LogP contribution in [0.5, 0.6) is 5.88 Å². The van der Waals surface area contributed by atoms with E-state index in [1.54, 1.807) is 0 Å². The smallest absolute Gasteiger partial charge is 0.255 e. The van der Waals surface area contributed by atoms with Crippen LogP contribution in [0.2, 0.25) is 0 Å². The summed E-state index contributed by atoms with van der Waals surface area (Å²) in [7, 11) is 0. The van der Waals surface area contributed by atoms with Crippen LogP contribution in [-0.4, -0.2) is 36.4 Å². The third kappa shape index (κ3) is 5.03. The van der Waals surface area contributed by atoms with Gasteiger partial charge in [0.2, 0.25) is 16.9 Å². The Morgan fingerprint density at radius 3 is 2.91 bits per heavy atom. The topological polar surface area (TPSA) is 121 Å². The third-order valence-corrected chi connectivity index (χ3v) is 4.93. The standard InChI is InChI=1S/C13H17N5O3S2/c1-3-5-10-17-18-13(23-10)16-11(21)7(4-2)22-12-14-8(19)6-9(20)15-12/h6-7H,3-5H2,1-2H3,(H,16,18,21)(H2,14,15,19,20)/t7-/m0/s1. The first-order valence-corrected chi connectivity index (χ1v) is 8.81. The molecule has 0 bridgehead atoms. The molecule has 2 heterocycles. The van der Waals surface area contributed by atoms with Gasteiger partial charge in [-0.05, 0) is 12.8 Å². The Balaban J connectivity index is 2.04. The van der Waals surface area contributed by atoms with Crippen LogP contribution in [0.15, 0.2) is 16.0 Å². The van der Waals surface area contributed by atoms with Gasteiger partial charge in [0.05, 0.1) is 11.3 Å². The molecule has 23 heavy (non-hydrogen) atoms. The fraction of sp³-hybridized carbons (Fsp3) is 0.462. The molecule has 1 amide bonds. The van der Waals surface area contributed by atoms with Gasteiger partial charge in [-0.15, -0.1) is 10.2 Å². The maximum absolute atomic E-state index is 12.3. The quantitative estimate of drug-likeness (QED) is 0.511. The van der Waals surface area contributed by atoms with Gasteiger partial charge in [-0.1, -0.05) is 36.9 Å². The number of H-pyrrole nitrogens is 1. The molecule has 2 aromatic rings. The molecule has 1 atom stereocenters. The number of thioether (sulfide) groups is 1. The summed E-state index contributed by atoms with van der Waals surface area (Å²) in [6.45, 7) is 3.90. The minimum atomic E-state index is -0.474. The molecule has 0 aliphatic carbocycles. The third-order valence-electron chi connectivity index (χ3n) is 2.78. The van der Waals surface area contributed by atoms with Crippen LogP contribution in [-0.2, 0) is 11.2 Å². The van der Waals surface area contributed by atoms with Crippen molar-refractivity contribution >= 4 is 34.1 Å². The number of nitrogens with zero attached hydrogens (tertiary/aromatic N) is 3. The number of nitrogens with one attached hydrogen (secondary N) is 2. The average Bonchev–Trinajstić information content (AvgIpc) is 2.91. The second-order valence-corrected chi connectivity index (χ2v) is 6.92. The number of amides is 1. The lowest BCUT2D eigenvalue weighted by molar-refractivity contribution is -0.115. The van der Waals surface area contributed by atoms with Crippen LogP contribution in [0.3, 0.4) is 0 Å². The fourth-order valence-electron chi connectivity index (χ4n) is 1.74. The summed E-state index contributed by atoms with van der Waals surface area (Å²) in [6, 6.07) is 0.974. The van der Waals surface area contributed by atoms with E-state index >= 15 is 0 Å². The van der Waals surface area contributed by atoms with Crippen LogP contribution >= 0.6 is 23.1 Å². The first kappa shape index (κ1) is 17.4. The van der Waals surface area contributed by atoms with Gasteiger partial charge >= 0.3 is 0 Å². The molecular weight excluding hydrogens is 338 g/mol. The SMILES string of the molecule is CCCc1nnc(NC(=O)[C@H](CC)Sc2nc(O)cc(=O)[nH]2)s1. The summed E-state index contributed by atoms with van der Waals surface area (Å²) in [5.74, 6) is -0.623. The number of hydrogen-bond donors (Lipinski definition) is 3. The average molecular weight is 355 g/mol. The molecule has 0 aliphatic rings. The molecule has 0 radical (unpaired) electrons. The highest BCUT2D eigenvalue weighted by molar-refractivity contribution is 8.00. The predicted octanol–water partition coefficient (Wildman–Crippen LogP) is 1.79. The zero-order chi connectivity index (χ0) is 16.8. The highest BCUT2D eigenvalue weighted by Crippen LogP contribution is 2.24. The number of aromatic hydroxyl groups is 1. The Kier molecular flexibility index (Phi) is 6.11. The number of carbonyl (C=O) groups is 1. The lowest BCUT2D eigenvalue weighted by atomic mass is 10.3. The van der Waals surface area contributed by atoms with E-state index in [1.165, 1.54) is 11.3 Å². The second-order valence-electron chi connectivity index (χ2n) is 4.66. The number of anilines is 1. The van der Waals surface area contributed by atoms with E-state index in [9.17, 15) is 14.7 Å². The molecule has 0 fully saturated rings. The number of hydrogen-bond acceptors (Lipinski definition) is 8. The first-order chi connectivity index (χ1) is 11.0. The Morgan fingerprint density at radius 1 is 1.48 bits per heavy atom. The minimum Gasteiger partial charge on any atom is -0.493 e. The molecule has 10 heteroatoms. The van der Waals surface area contributed by atoms with Crippen molar-refractivity contribution in [2.24, 2.45) is 0 Å². The van der Waals surface area contributed by atoms with Gasteiger partial charge in [-0.3, -0.25) is 14.9 Å². The Hall–Kier alpha value is -1.94. The first-order valence-electron chi connectivity index (χ1n) is 7.12. The number of carbonyl (C=O) groups excluding carboxylic acids is 1. The molecule has 3 N–H and O–H groups in total. The highest BCUT2D eigenvalue weighted by atomic mass is 32.2. The maximum Gasteiger partial charge on any atom is 0.255 e. The summed E-state index contributed by atoms with van der Waals surface area (Å²) in [6.07, 6.45) is 2.32. The van der Waals surface area contributed by atoms with Gasteiger partial charge in [-0.25, -0.2) is 0 Å². The van der Waals surface area contributed by atoms with Crippen LogP contribution in [0.1, 0.15) is 31.7 Å². The Labute approximate surface area is 140 Å². The van der Waals surface area contributed by atoms with Crippen molar-refractivity contribution in [1.82, 2.24) is 20.2 Å². The molecule has 8 nitrogen and oxygen atoms in total. The number of rotatable bonds is 7. The molecular formula is C13H17N5O3S2. The van der Waals surface area contributed by atoms with Crippen molar-refractivity contribution in [3.05, 3.63) is 21.4 Å². The van der Waals surface area contributed by atoms with E-state index in [2.05, 4.69) is 25.5 Å². The van der Waals surface area contributed by atoms with Crippen molar-refractivity contribution in [3.8, 4) is 5.88 Å². The lowest BCUT2D eigenvalue weighted by Crippen LogP contribution is -2.25. The number of aromatic amines is 1. The van der Waals surface area contributed by atoms with E-state index in [4.69, 9.17) is 0 Å². The van der Waals surface area contributed by atoms with Gasteiger partial charge in [0.25, 0.3) is 5.56 Å². The van der Waals surface area contributed by atoms with Crippen molar-refractivity contribution in [3.63, 3.8) is 0 Å². The normalized spacial score (nSPS) is 12.1. The fourth-order valence-corrected chi connectivity index (χ4v) is 3.49. The van der Waals surface area contributed by atoms with E-state index in [0.717, 1.165) is 35.7 Å². The van der Waals surface area contributed by atoms with Gasteiger partial charge in [-0.2, -0.15) is 4.98 Å². The zero-order valence-electron chi connectivity index (χ0n) is 12.7. The molecule has 0 saturated heterocycles. The van der Waals surface area contributed by atoms with E-state index in [-0.39, 0.29) is 16.9 Å². The molecule has 0 spiro atoms. The summed E-state index contributed by atoms with van der Waals surface area (Å²) >= 11 is 2.43. The summed E-state index contributed by atoms with van der Waals surface area (Å²) in [5, 5.41) is 21.1. The van der Waals surface area contributed by atoms with Crippen LogP contribution in [0.4, 0.5) is 5.13 Å². The van der Waals surface area contributed by atoms with Crippen molar-refractivity contribution in [1.29, 1.82) is 0 Å². The molecule has 0 aliphatic heterocycles. The van der Waals surface area contributed by atoms with Gasteiger partial charge in [0.15, 0.2) is 5.16 Å². The maximum atomic E-state index is 12.3. The van der Waals surface area contributed by atoms with Gasteiger partial charge in [0.1, 0.15) is 5.01 Å². The van der Waals surface area contributed by atoms with Crippen molar-refractivity contribution < 1.29 is 9.90 Å². The lowest BCUT2D eigenvalue weighted by Gasteiger charge is -2.12. The van der Waals surface area contributed by atoms with Crippen LogP contribution in [0.25, 0.3) is 0 Å². The summed E-state index contributed by atoms with van der Waals surface area (Å²) in [5.41, 5.74) is -0.469. The van der Waals surface area contributed by atoms with Crippen LogP contribution in [0, 0.1) is 0 Å². The Morgan fingerprint density at radius 2 is 2.26 bits per heavy atom. The van der Waals surface area contributed by atoms with E-state index < -0.39 is 10.8 Å². The van der Waals surface area contributed by atoms with Crippen molar-refractivity contribution in [2.75, 3.05) is 5.32 Å². The van der Waals surface area contributed by atoms with E-state index in [1.807, 2.05) is 13.8 Å². The molecule has 0 aromatic carbocycles. The predicted molar refractivity (Wildman–Crippen MR) is 89.0 cm³/mol.